The van der Waals surface area contributed by atoms with E-state index in [1.54, 1.807) is 0 Å². The quantitative estimate of drug-likeness (QED) is 0.103. The predicted octanol–water partition coefficient (Wildman–Crippen LogP) is -0.399. The number of ether oxygens (including phenoxy) is 9. The van der Waals surface area contributed by atoms with Crippen molar-refractivity contribution < 1.29 is 98.9 Å². The Kier molecular flexibility index (Phi) is 15.2. The minimum Gasteiger partial charge on any atom is -0.462 e. The number of nitrogens with two attached hydrogens (primary N) is 1. The zero-order valence-corrected chi connectivity index (χ0v) is 33.0. The van der Waals surface area contributed by atoms with Crippen LogP contribution in [0.5, 0.6) is 0 Å². The van der Waals surface area contributed by atoms with Crippen molar-refractivity contribution in [1.29, 1.82) is 0 Å². The number of aromatic nitrogens is 4. The molecular weight excluding hydrogens is 816 g/mol. The van der Waals surface area contributed by atoms with Crippen LogP contribution in [0.3, 0.4) is 0 Å². The highest BCUT2D eigenvalue weighted by Gasteiger charge is 2.58. The molecule has 2 aromatic heterocycles. The van der Waals surface area contributed by atoms with E-state index in [1.807, 2.05) is 0 Å². The molecule has 2 fully saturated rings. The van der Waals surface area contributed by atoms with E-state index in [-0.39, 0.29) is 17.0 Å². The van der Waals surface area contributed by atoms with Crippen LogP contribution in [0.25, 0.3) is 11.2 Å². The summed E-state index contributed by atoms with van der Waals surface area (Å²) in [6.07, 6.45) is -13.5. The third kappa shape index (κ3) is 11.7. The number of nitrogen functional groups attached to an aromatic ring is 1. The lowest BCUT2D eigenvalue weighted by Crippen LogP contribution is -2.65. The van der Waals surface area contributed by atoms with Gasteiger partial charge >= 0.3 is 45.5 Å². The lowest BCUT2D eigenvalue weighted by atomic mass is 9.94. The van der Waals surface area contributed by atoms with Crippen molar-refractivity contribution in [2.75, 3.05) is 33.2 Å². The highest BCUT2D eigenvalue weighted by Crippen LogP contribution is 2.62. The van der Waals surface area contributed by atoms with E-state index in [0.717, 1.165) is 34.6 Å². The molecule has 28 heteroatoms. The van der Waals surface area contributed by atoms with E-state index in [2.05, 4.69) is 19.3 Å². The summed E-state index contributed by atoms with van der Waals surface area (Å²) in [6.45, 7) is 3.05. The van der Waals surface area contributed by atoms with Crippen molar-refractivity contribution >= 4 is 62.5 Å². The molecule has 0 spiro atoms. The Bertz CT molecular complexity index is 1900. The average molecular weight is 858 g/mol. The maximum absolute atomic E-state index is 13.4. The van der Waals surface area contributed by atoms with Gasteiger partial charge in [0.1, 0.15) is 42.9 Å². The largest absolute Gasteiger partial charge is 0.483 e. The summed E-state index contributed by atoms with van der Waals surface area (Å²) < 4.78 is 91.3. The predicted molar refractivity (Wildman–Crippen MR) is 181 cm³/mol. The monoisotopic (exact) mass is 857 g/mol. The molecule has 57 heavy (non-hydrogen) atoms. The van der Waals surface area contributed by atoms with Gasteiger partial charge in [-0.25, -0.2) is 24.1 Å². The number of phosphoric acid groups is 2. The molecule has 318 valence electrons. The molecule has 2 aromatic rings. The molecule has 0 amide bonds. The third-order valence-electron chi connectivity index (χ3n) is 7.91. The van der Waals surface area contributed by atoms with Crippen LogP contribution < -0.4 is 5.73 Å². The third-order valence-corrected chi connectivity index (χ3v) is 10.5. The highest BCUT2D eigenvalue weighted by molar-refractivity contribution is 7.61. The summed E-state index contributed by atoms with van der Waals surface area (Å²) in [5, 5.41) is 0. The minimum absolute atomic E-state index is 0.0774. The van der Waals surface area contributed by atoms with Crippen molar-refractivity contribution in [2.24, 2.45) is 0 Å². The van der Waals surface area contributed by atoms with Gasteiger partial charge in [0.15, 0.2) is 42.1 Å². The summed E-state index contributed by atoms with van der Waals surface area (Å²) in [6, 6.07) is 0. The zero-order valence-electron chi connectivity index (χ0n) is 31.3. The molecule has 26 nitrogen and oxygen atoms in total. The number of fused-ring (bicyclic) bond motifs is 1. The zero-order chi connectivity index (χ0) is 42.4. The van der Waals surface area contributed by atoms with Crippen molar-refractivity contribution in [3.05, 3.63) is 12.7 Å². The first kappa shape index (κ1) is 45.5. The first-order chi connectivity index (χ1) is 26.7. The van der Waals surface area contributed by atoms with Crippen LogP contribution in [-0.2, 0) is 89.1 Å². The number of hydrogen-bond donors (Lipinski definition) is 3. The lowest BCUT2D eigenvalue weighted by Gasteiger charge is -2.45. The van der Waals surface area contributed by atoms with Crippen LogP contribution in [-0.4, -0.2) is 142 Å². The normalized spacial score (nSPS) is 28.7. The minimum atomic E-state index is -5.90. The fourth-order valence-corrected chi connectivity index (χ4v) is 8.08. The number of carbonyl (C=O) groups is 5. The molecule has 0 saturated carbocycles. The van der Waals surface area contributed by atoms with Gasteiger partial charge in [-0.15, -0.1) is 0 Å². The first-order valence-corrected chi connectivity index (χ1v) is 19.5. The standard InChI is InChI=1S/C29H41N5O21P2/c1-12(35)46-8-17(48-13(2)36)21-22(49-14(3)37)23(50-15(4)38)25(51-16(5)39)29(53-21)54-57(42,43)55-56(40,41)47-9-18-20(44-6)24(45-7)28(52-18)34-11-33-19-26(30)31-10-32-27(19)34/h10-11,17-18,20-25,28-29H,8-9H2,1-7H3,(H,40,41)(H,42,43)(H2,30,31,32)/t17?,18-,20-,21-,22-,23+,24-,25+,28-,29+/m1/s1. The second kappa shape index (κ2) is 19.0. The molecule has 4 heterocycles. The number of methoxy groups -OCH3 is 2. The van der Waals surface area contributed by atoms with E-state index in [0.29, 0.717) is 0 Å². The second-order valence-corrected chi connectivity index (χ2v) is 15.1. The van der Waals surface area contributed by atoms with Crippen LogP contribution in [0.1, 0.15) is 40.8 Å². The lowest BCUT2D eigenvalue weighted by molar-refractivity contribution is -0.301. The van der Waals surface area contributed by atoms with Gasteiger partial charge in [0, 0.05) is 48.8 Å². The highest BCUT2D eigenvalue weighted by atomic mass is 31.3. The van der Waals surface area contributed by atoms with Gasteiger partial charge in [-0.05, 0) is 0 Å². The van der Waals surface area contributed by atoms with Gasteiger partial charge in [-0.1, -0.05) is 0 Å². The van der Waals surface area contributed by atoms with Gasteiger partial charge in [0.05, 0.1) is 12.9 Å². The van der Waals surface area contributed by atoms with Crippen molar-refractivity contribution in [2.45, 2.75) is 96.0 Å². The van der Waals surface area contributed by atoms with Crippen LogP contribution in [0.15, 0.2) is 12.7 Å². The number of carbonyl (C=O) groups excluding carboxylic acids is 5. The Balaban J connectivity index is 1.59. The molecule has 3 unspecified atom stereocenters. The topological polar surface area (TPSA) is 340 Å². The van der Waals surface area contributed by atoms with Crippen LogP contribution >= 0.6 is 15.6 Å². The average Bonchev–Trinajstić information content (AvgIpc) is 3.68. The number of esters is 5. The summed E-state index contributed by atoms with van der Waals surface area (Å²) in [4.78, 5) is 94.0. The fourth-order valence-electron chi connectivity index (χ4n) is 5.93. The van der Waals surface area contributed by atoms with Gasteiger partial charge < -0.3 is 58.2 Å². The summed E-state index contributed by atoms with van der Waals surface area (Å²) in [5.74, 6) is -5.01. The maximum Gasteiger partial charge on any atom is 0.483 e. The Labute approximate surface area is 322 Å². The molecule has 0 aromatic carbocycles. The van der Waals surface area contributed by atoms with E-state index in [9.17, 15) is 42.9 Å². The van der Waals surface area contributed by atoms with E-state index in [4.69, 9.17) is 57.4 Å². The number of imidazole rings is 1. The molecule has 12 atom stereocenters. The molecule has 4 rings (SSSR count). The number of rotatable bonds is 17. The number of nitrogens with zero attached hydrogens (tertiary/aromatic N) is 4. The van der Waals surface area contributed by atoms with Gasteiger partial charge in [-0.3, -0.25) is 37.6 Å². The molecular formula is C29H41N5O21P2. The molecule has 0 aliphatic carbocycles. The Hall–Kier alpha value is -4.20. The second-order valence-electron chi connectivity index (χ2n) is 12.1. The fraction of sp³-hybridized carbons (Fsp3) is 0.655. The Morgan fingerprint density at radius 3 is 2.00 bits per heavy atom. The Morgan fingerprint density at radius 1 is 0.807 bits per heavy atom. The van der Waals surface area contributed by atoms with Crippen LogP contribution in [0, 0.1) is 0 Å². The SMILES string of the molecule is CO[C@@H]1[C@H](OC)[C@@H](COP(=O)(O)OP(=O)(O)O[C@@H]2O[C@H](C(COC(C)=O)OC(C)=O)[C@@H](OC(C)=O)[C@H](OC(C)=O)[C@@H]2OC(C)=O)O[C@H]1n1cnc2c(N)ncnc21. The molecule has 0 bridgehead atoms. The maximum atomic E-state index is 13.4. The van der Waals surface area contributed by atoms with E-state index in [1.165, 1.54) is 31.4 Å². The van der Waals surface area contributed by atoms with E-state index < -0.39 is 120 Å². The molecule has 2 aliphatic heterocycles. The molecule has 2 aliphatic rings. The summed E-state index contributed by atoms with van der Waals surface area (Å²) in [5.41, 5.74) is 6.38. The molecule has 2 saturated heterocycles. The summed E-state index contributed by atoms with van der Waals surface area (Å²) >= 11 is 0. The number of hydrogen-bond acceptors (Lipinski definition) is 23. The van der Waals surface area contributed by atoms with Crippen molar-refractivity contribution in [1.82, 2.24) is 19.5 Å². The van der Waals surface area contributed by atoms with Crippen molar-refractivity contribution in [3.63, 3.8) is 0 Å². The van der Waals surface area contributed by atoms with Gasteiger partial charge in [-0.2, -0.15) is 4.31 Å². The summed E-state index contributed by atoms with van der Waals surface area (Å²) in [7, 11) is -8.91. The number of phosphoric ester groups is 2. The van der Waals surface area contributed by atoms with E-state index >= 15 is 0 Å². The van der Waals surface area contributed by atoms with Gasteiger partial charge in [0.25, 0.3) is 0 Å². The van der Waals surface area contributed by atoms with Crippen LogP contribution in [0.2, 0.25) is 0 Å². The smallest absolute Gasteiger partial charge is 0.462 e. The van der Waals surface area contributed by atoms with Crippen molar-refractivity contribution in [3.8, 4) is 0 Å². The molecule has 0 radical (unpaired) electrons. The molecule has 4 N–H and O–H groups in total. The number of anilines is 1. The van der Waals surface area contributed by atoms with Crippen LogP contribution in [0.4, 0.5) is 5.82 Å². The Morgan fingerprint density at radius 2 is 1.42 bits per heavy atom. The first-order valence-electron chi connectivity index (χ1n) is 16.5. The van der Waals surface area contributed by atoms with Gasteiger partial charge in [0.2, 0.25) is 6.29 Å².